The van der Waals surface area contributed by atoms with E-state index in [0.29, 0.717) is 0 Å². The van der Waals surface area contributed by atoms with E-state index < -0.39 is 0 Å². The number of pyridine rings is 2. The molecule has 0 saturated heterocycles. The van der Waals surface area contributed by atoms with Crippen LogP contribution < -0.4 is 0 Å². The zero-order chi connectivity index (χ0) is 16.1. The summed E-state index contributed by atoms with van der Waals surface area (Å²) in [6, 6.07) is 20.9. The zero-order valence-corrected chi connectivity index (χ0v) is 14.9. The zero-order valence-electron chi connectivity index (χ0n) is 12.5. The van der Waals surface area contributed by atoms with Gasteiger partial charge in [-0.2, -0.15) is 0 Å². The number of aromatic nitrogens is 2. The van der Waals surface area contributed by atoms with Crippen molar-refractivity contribution in [3.05, 3.63) is 71.3 Å². The molecule has 3 aromatic heterocycles. The van der Waals surface area contributed by atoms with Crippen molar-refractivity contribution in [2.45, 2.75) is 0 Å². The summed E-state index contributed by atoms with van der Waals surface area (Å²) in [4.78, 5) is 9.54. The van der Waals surface area contributed by atoms with E-state index >= 15 is 0 Å². The Kier molecular flexibility index (Phi) is 3.15. The van der Waals surface area contributed by atoms with Crippen LogP contribution in [0.4, 0.5) is 0 Å². The number of fused-ring (bicyclic) bond motifs is 5. The summed E-state index contributed by atoms with van der Waals surface area (Å²) in [6.07, 6.45) is 1.83. The molecule has 0 aliphatic carbocycles. The molecule has 0 bridgehead atoms. The van der Waals surface area contributed by atoms with E-state index in [2.05, 4.69) is 63.4 Å². The first-order valence-corrected chi connectivity index (χ1v) is 9.24. The summed E-state index contributed by atoms with van der Waals surface area (Å²) < 4.78 is 3.53. The number of hydrogen-bond acceptors (Lipinski definition) is 3. The van der Waals surface area contributed by atoms with E-state index in [1.54, 1.807) is 0 Å². The van der Waals surface area contributed by atoms with Crippen LogP contribution >= 0.6 is 27.3 Å². The molecule has 0 unspecified atom stereocenters. The lowest BCUT2D eigenvalue weighted by Crippen LogP contribution is -1.90. The second-order valence-electron chi connectivity index (χ2n) is 5.64. The Balaban J connectivity index is 2.01. The second-order valence-corrected chi connectivity index (χ2v) is 7.61. The van der Waals surface area contributed by atoms with Crippen molar-refractivity contribution in [2.24, 2.45) is 0 Å². The fourth-order valence-electron chi connectivity index (χ4n) is 3.11. The molecule has 2 nitrogen and oxygen atoms in total. The SMILES string of the molecule is Brc1ccc(-c2nc3ccccc3c3sc4ccccc4c23)nc1. The van der Waals surface area contributed by atoms with Gasteiger partial charge in [0.2, 0.25) is 0 Å². The van der Waals surface area contributed by atoms with Crippen molar-refractivity contribution in [1.82, 2.24) is 9.97 Å². The number of para-hydroxylation sites is 1. The van der Waals surface area contributed by atoms with Crippen LogP contribution in [0, 0.1) is 0 Å². The summed E-state index contributed by atoms with van der Waals surface area (Å²) in [5.41, 5.74) is 2.86. The molecule has 5 rings (SSSR count). The topological polar surface area (TPSA) is 25.8 Å². The van der Waals surface area contributed by atoms with Gasteiger partial charge in [-0.05, 0) is 40.2 Å². The maximum atomic E-state index is 4.95. The van der Waals surface area contributed by atoms with Gasteiger partial charge >= 0.3 is 0 Å². The molecule has 2 aromatic carbocycles. The number of rotatable bonds is 1. The van der Waals surface area contributed by atoms with Crippen LogP contribution in [0.1, 0.15) is 0 Å². The Hall–Kier alpha value is -2.30. The number of benzene rings is 2. The third kappa shape index (κ3) is 2.07. The van der Waals surface area contributed by atoms with Crippen LogP contribution in [0.25, 0.3) is 42.5 Å². The van der Waals surface area contributed by atoms with Gasteiger partial charge in [0.25, 0.3) is 0 Å². The lowest BCUT2D eigenvalue weighted by molar-refractivity contribution is 1.28. The molecule has 4 heteroatoms. The summed E-state index contributed by atoms with van der Waals surface area (Å²) in [5.74, 6) is 0. The van der Waals surface area contributed by atoms with Crippen LogP contribution in [0.2, 0.25) is 0 Å². The third-order valence-corrected chi connectivity index (χ3v) is 5.86. The Labute approximate surface area is 150 Å². The van der Waals surface area contributed by atoms with Crippen molar-refractivity contribution in [3.63, 3.8) is 0 Å². The van der Waals surface area contributed by atoms with Gasteiger partial charge in [0.1, 0.15) is 0 Å². The summed E-state index contributed by atoms with van der Waals surface area (Å²) >= 11 is 5.29. The smallest absolute Gasteiger partial charge is 0.0986 e. The number of halogens is 1. The van der Waals surface area contributed by atoms with Crippen LogP contribution in [0.5, 0.6) is 0 Å². The van der Waals surface area contributed by atoms with Crippen LogP contribution in [-0.4, -0.2) is 9.97 Å². The Bertz CT molecular complexity index is 1210. The molecule has 0 spiro atoms. The number of thiophene rings is 1. The predicted molar refractivity (Wildman–Crippen MR) is 106 cm³/mol. The van der Waals surface area contributed by atoms with Gasteiger partial charge in [-0.15, -0.1) is 11.3 Å². The molecule has 0 radical (unpaired) electrons. The fraction of sp³-hybridized carbons (Fsp3) is 0. The Morgan fingerprint density at radius 1 is 0.833 bits per heavy atom. The van der Waals surface area contributed by atoms with Gasteiger partial charge in [0.15, 0.2) is 0 Å². The highest BCUT2D eigenvalue weighted by Crippen LogP contribution is 2.42. The van der Waals surface area contributed by atoms with E-state index in [0.717, 1.165) is 21.4 Å². The molecule has 3 heterocycles. The molecule has 0 atom stereocenters. The highest BCUT2D eigenvalue weighted by atomic mass is 79.9. The molecule has 5 aromatic rings. The number of nitrogens with zero attached hydrogens (tertiary/aromatic N) is 2. The molecule has 114 valence electrons. The van der Waals surface area contributed by atoms with Gasteiger partial charge in [-0.1, -0.05) is 36.4 Å². The second kappa shape index (κ2) is 5.36. The molecule has 0 amide bonds. The molecule has 0 aliphatic rings. The first-order chi connectivity index (χ1) is 11.8. The van der Waals surface area contributed by atoms with Gasteiger partial charge in [-0.25, -0.2) is 4.98 Å². The quantitative estimate of drug-likeness (QED) is 0.329. The van der Waals surface area contributed by atoms with Gasteiger partial charge in [0, 0.05) is 36.2 Å². The van der Waals surface area contributed by atoms with E-state index in [1.165, 1.54) is 25.6 Å². The Morgan fingerprint density at radius 3 is 2.46 bits per heavy atom. The fourth-order valence-corrected chi connectivity index (χ4v) is 4.58. The summed E-state index contributed by atoms with van der Waals surface area (Å²) in [7, 11) is 0. The maximum Gasteiger partial charge on any atom is 0.0986 e. The summed E-state index contributed by atoms with van der Waals surface area (Å²) in [6.45, 7) is 0. The highest BCUT2D eigenvalue weighted by molar-refractivity contribution is 9.10. The molecule has 0 N–H and O–H groups in total. The monoisotopic (exact) mass is 390 g/mol. The summed E-state index contributed by atoms with van der Waals surface area (Å²) in [5, 5.41) is 3.65. The molecule has 0 aliphatic heterocycles. The molecule has 24 heavy (non-hydrogen) atoms. The molecular formula is C20H11BrN2S. The maximum absolute atomic E-state index is 4.95. The normalized spacial score (nSPS) is 11.5. The third-order valence-electron chi connectivity index (χ3n) is 4.18. The van der Waals surface area contributed by atoms with E-state index in [1.807, 2.05) is 35.7 Å². The van der Waals surface area contributed by atoms with E-state index in [9.17, 15) is 0 Å². The van der Waals surface area contributed by atoms with Crippen molar-refractivity contribution in [3.8, 4) is 11.4 Å². The predicted octanol–water partition coefficient (Wildman–Crippen LogP) is 6.43. The van der Waals surface area contributed by atoms with Crippen molar-refractivity contribution in [2.75, 3.05) is 0 Å². The lowest BCUT2D eigenvalue weighted by atomic mass is 10.1. The molecular weight excluding hydrogens is 380 g/mol. The van der Waals surface area contributed by atoms with Gasteiger partial charge in [-0.3, -0.25) is 4.98 Å². The van der Waals surface area contributed by atoms with Crippen LogP contribution in [0.15, 0.2) is 71.3 Å². The average molecular weight is 391 g/mol. The Morgan fingerprint density at radius 2 is 1.62 bits per heavy atom. The largest absolute Gasteiger partial charge is 0.253 e. The molecule has 0 fully saturated rings. The number of hydrogen-bond donors (Lipinski definition) is 0. The average Bonchev–Trinajstić information content (AvgIpc) is 3.02. The first-order valence-electron chi connectivity index (χ1n) is 7.63. The van der Waals surface area contributed by atoms with Gasteiger partial charge < -0.3 is 0 Å². The minimum absolute atomic E-state index is 0.900. The van der Waals surface area contributed by atoms with Crippen molar-refractivity contribution >= 4 is 58.3 Å². The first kappa shape index (κ1) is 14.1. The van der Waals surface area contributed by atoms with Crippen LogP contribution in [0.3, 0.4) is 0 Å². The lowest BCUT2D eigenvalue weighted by Gasteiger charge is -2.06. The van der Waals surface area contributed by atoms with Gasteiger partial charge in [0.05, 0.1) is 16.9 Å². The standard InChI is InChI=1S/C20H11BrN2S/c21-12-9-10-16(22-11-12)19-18-14-6-2-4-8-17(14)24-20(18)13-5-1-3-7-15(13)23-19/h1-11H. The van der Waals surface area contributed by atoms with E-state index in [-0.39, 0.29) is 0 Å². The molecule has 0 saturated carbocycles. The highest BCUT2D eigenvalue weighted by Gasteiger charge is 2.16. The minimum atomic E-state index is 0.900. The van der Waals surface area contributed by atoms with E-state index in [4.69, 9.17) is 4.98 Å². The minimum Gasteiger partial charge on any atom is -0.253 e. The van der Waals surface area contributed by atoms with Crippen LogP contribution in [-0.2, 0) is 0 Å². The van der Waals surface area contributed by atoms with Crippen molar-refractivity contribution in [1.29, 1.82) is 0 Å². The van der Waals surface area contributed by atoms with Crippen molar-refractivity contribution < 1.29 is 0 Å².